The molecule has 3 rings (SSSR count). The van der Waals surface area contributed by atoms with Gasteiger partial charge in [-0.25, -0.2) is 0 Å². The Morgan fingerprint density at radius 1 is 1.38 bits per heavy atom. The lowest BCUT2D eigenvalue weighted by molar-refractivity contribution is 0.0581. The summed E-state index contributed by atoms with van der Waals surface area (Å²) in [5.41, 5.74) is 1.38. The van der Waals surface area contributed by atoms with E-state index in [-0.39, 0.29) is 5.91 Å². The van der Waals surface area contributed by atoms with E-state index in [4.69, 9.17) is 4.52 Å². The van der Waals surface area contributed by atoms with E-state index in [2.05, 4.69) is 15.4 Å². The third kappa shape index (κ3) is 2.82. The fourth-order valence-electron chi connectivity index (χ4n) is 3.33. The van der Waals surface area contributed by atoms with Crippen LogP contribution in [0.2, 0.25) is 0 Å². The van der Waals surface area contributed by atoms with Crippen molar-refractivity contribution in [2.75, 3.05) is 39.3 Å². The fourth-order valence-corrected chi connectivity index (χ4v) is 3.33. The summed E-state index contributed by atoms with van der Waals surface area (Å²) >= 11 is 0. The Morgan fingerprint density at radius 2 is 2.14 bits per heavy atom. The molecule has 3 heterocycles. The minimum absolute atomic E-state index is 0.0785. The van der Waals surface area contributed by atoms with Crippen LogP contribution in [0, 0.1) is 6.92 Å². The maximum atomic E-state index is 12.7. The molecule has 1 aromatic heterocycles. The van der Waals surface area contributed by atoms with Gasteiger partial charge in [-0.2, -0.15) is 0 Å². The molecule has 1 unspecified atom stereocenters. The lowest BCUT2D eigenvalue weighted by Crippen LogP contribution is -2.52. The van der Waals surface area contributed by atoms with Gasteiger partial charge in [-0.15, -0.1) is 0 Å². The number of amides is 1. The first-order valence-electron chi connectivity index (χ1n) is 7.90. The first-order chi connectivity index (χ1) is 10.2. The monoisotopic (exact) mass is 292 g/mol. The molecule has 0 saturated carbocycles. The smallest absolute Gasteiger partial charge is 0.259 e. The normalized spacial score (nSPS) is 23.7. The molecule has 1 aromatic rings. The van der Waals surface area contributed by atoms with Crippen molar-refractivity contribution in [3.8, 4) is 0 Å². The number of hydrogen-bond acceptors (Lipinski definition) is 5. The summed E-state index contributed by atoms with van der Waals surface area (Å²) in [5, 5.41) is 7.35. The molecule has 6 nitrogen and oxygen atoms in total. The molecular weight excluding hydrogens is 268 g/mol. The highest BCUT2D eigenvalue weighted by atomic mass is 16.5. The summed E-state index contributed by atoms with van der Waals surface area (Å²) < 4.78 is 5.24. The van der Waals surface area contributed by atoms with Crippen LogP contribution in [0.3, 0.4) is 0 Å². The van der Waals surface area contributed by atoms with Gasteiger partial charge in [-0.3, -0.25) is 9.69 Å². The van der Waals surface area contributed by atoms with Crippen LogP contribution in [0.4, 0.5) is 0 Å². The third-order valence-corrected chi connectivity index (χ3v) is 4.62. The molecule has 116 valence electrons. The van der Waals surface area contributed by atoms with E-state index < -0.39 is 0 Å². The molecule has 0 spiro atoms. The summed E-state index contributed by atoms with van der Waals surface area (Å²) in [5.74, 6) is 0.787. The number of aryl methyl sites for hydroxylation is 2. The quantitative estimate of drug-likeness (QED) is 0.887. The molecule has 1 N–H and O–H groups in total. The average molecular weight is 292 g/mol. The highest BCUT2D eigenvalue weighted by Crippen LogP contribution is 2.19. The largest absolute Gasteiger partial charge is 0.360 e. The van der Waals surface area contributed by atoms with Crippen LogP contribution in [0.5, 0.6) is 0 Å². The molecule has 0 bridgehead atoms. The van der Waals surface area contributed by atoms with E-state index in [0.29, 0.717) is 29.5 Å². The molecule has 6 heteroatoms. The number of hydrogen-bond donors (Lipinski definition) is 1. The van der Waals surface area contributed by atoms with Crippen molar-refractivity contribution >= 4 is 5.91 Å². The van der Waals surface area contributed by atoms with Gasteiger partial charge in [0.05, 0.1) is 5.69 Å². The van der Waals surface area contributed by atoms with Crippen LogP contribution >= 0.6 is 0 Å². The molecule has 21 heavy (non-hydrogen) atoms. The van der Waals surface area contributed by atoms with Gasteiger partial charge in [-0.1, -0.05) is 12.1 Å². The molecule has 2 fully saturated rings. The van der Waals surface area contributed by atoms with E-state index in [1.165, 1.54) is 6.42 Å². The van der Waals surface area contributed by atoms with Gasteiger partial charge < -0.3 is 14.7 Å². The second-order valence-corrected chi connectivity index (χ2v) is 5.89. The van der Waals surface area contributed by atoms with Crippen molar-refractivity contribution < 1.29 is 9.32 Å². The molecule has 0 aromatic carbocycles. The van der Waals surface area contributed by atoms with Crippen LogP contribution in [-0.4, -0.2) is 66.2 Å². The first kappa shape index (κ1) is 14.5. The van der Waals surface area contributed by atoms with E-state index in [1.54, 1.807) is 0 Å². The van der Waals surface area contributed by atoms with Gasteiger partial charge in [-0.05, 0) is 19.9 Å². The zero-order valence-corrected chi connectivity index (χ0v) is 12.9. The molecule has 2 aliphatic rings. The molecule has 0 radical (unpaired) electrons. The van der Waals surface area contributed by atoms with Crippen LogP contribution in [-0.2, 0) is 6.42 Å². The Kier molecular flexibility index (Phi) is 4.26. The lowest BCUT2D eigenvalue weighted by Gasteiger charge is -2.37. The van der Waals surface area contributed by atoms with Crippen LogP contribution in [0.1, 0.15) is 35.2 Å². The molecule has 1 amide bonds. The fraction of sp³-hybridized carbons (Fsp3) is 0.733. The van der Waals surface area contributed by atoms with Crippen LogP contribution in [0.15, 0.2) is 4.52 Å². The standard InChI is InChI=1S/C15H24N4O2/c1-3-13-14(11(2)17-21-13)15(20)19-8-6-18(7-9-19)12-4-5-16-10-12/h12,16H,3-10H2,1-2H3. The minimum Gasteiger partial charge on any atom is -0.360 e. The summed E-state index contributed by atoms with van der Waals surface area (Å²) in [7, 11) is 0. The Labute approximate surface area is 125 Å². The number of nitrogens with one attached hydrogen (secondary N) is 1. The van der Waals surface area contributed by atoms with E-state index in [0.717, 1.165) is 39.3 Å². The van der Waals surface area contributed by atoms with Crippen molar-refractivity contribution in [2.24, 2.45) is 0 Å². The van der Waals surface area contributed by atoms with Crippen LogP contribution in [0.25, 0.3) is 0 Å². The van der Waals surface area contributed by atoms with Gasteiger partial charge in [0.15, 0.2) is 0 Å². The van der Waals surface area contributed by atoms with E-state index in [1.807, 2.05) is 18.7 Å². The van der Waals surface area contributed by atoms with Crippen LogP contribution < -0.4 is 5.32 Å². The van der Waals surface area contributed by atoms with Crippen molar-refractivity contribution in [2.45, 2.75) is 32.7 Å². The highest BCUT2D eigenvalue weighted by Gasteiger charge is 2.30. The summed E-state index contributed by atoms with van der Waals surface area (Å²) in [6.45, 7) is 9.54. The van der Waals surface area contributed by atoms with Crippen molar-refractivity contribution in [1.82, 2.24) is 20.3 Å². The SMILES string of the molecule is CCc1onc(C)c1C(=O)N1CCN(C2CCNC2)CC1. The Hall–Kier alpha value is -1.40. The maximum absolute atomic E-state index is 12.7. The molecule has 2 saturated heterocycles. The summed E-state index contributed by atoms with van der Waals surface area (Å²) in [6, 6.07) is 0.644. The number of rotatable bonds is 3. The Balaban J connectivity index is 1.63. The van der Waals surface area contributed by atoms with E-state index in [9.17, 15) is 4.79 Å². The number of piperazine rings is 1. The predicted octanol–water partition coefficient (Wildman–Crippen LogP) is 0.665. The Morgan fingerprint density at radius 3 is 2.76 bits per heavy atom. The number of nitrogens with zero attached hydrogens (tertiary/aromatic N) is 3. The summed E-state index contributed by atoms with van der Waals surface area (Å²) in [4.78, 5) is 17.1. The highest BCUT2D eigenvalue weighted by molar-refractivity contribution is 5.96. The second-order valence-electron chi connectivity index (χ2n) is 5.89. The van der Waals surface area contributed by atoms with Gasteiger partial charge in [0.1, 0.15) is 11.3 Å². The average Bonchev–Trinajstić information content (AvgIpc) is 3.16. The molecule has 0 aliphatic carbocycles. The lowest BCUT2D eigenvalue weighted by atomic mass is 10.1. The van der Waals surface area contributed by atoms with E-state index >= 15 is 0 Å². The molecular formula is C15H24N4O2. The second kappa shape index (κ2) is 6.15. The van der Waals surface area contributed by atoms with Gasteiger partial charge in [0, 0.05) is 45.2 Å². The third-order valence-electron chi connectivity index (χ3n) is 4.62. The Bertz CT molecular complexity index is 500. The van der Waals surface area contributed by atoms with Gasteiger partial charge in [0.25, 0.3) is 5.91 Å². The minimum atomic E-state index is 0.0785. The predicted molar refractivity (Wildman–Crippen MR) is 79.4 cm³/mol. The van der Waals surface area contributed by atoms with Crippen molar-refractivity contribution in [3.63, 3.8) is 0 Å². The summed E-state index contributed by atoms with van der Waals surface area (Å²) in [6.07, 6.45) is 1.92. The van der Waals surface area contributed by atoms with Gasteiger partial charge >= 0.3 is 0 Å². The van der Waals surface area contributed by atoms with Crippen molar-refractivity contribution in [3.05, 3.63) is 17.0 Å². The molecule has 2 aliphatic heterocycles. The number of aromatic nitrogens is 1. The molecule has 1 atom stereocenters. The number of carbonyl (C=O) groups is 1. The topological polar surface area (TPSA) is 61.6 Å². The van der Waals surface area contributed by atoms with Gasteiger partial charge in [0.2, 0.25) is 0 Å². The zero-order valence-electron chi connectivity index (χ0n) is 12.9. The maximum Gasteiger partial charge on any atom is 0.259 e. The zero-order chi connectivity index (χ0) is 14.8. The first-order valence-corrected chi connectivity index (χ1v) is 7.90. The number of carbonyl (C=O) groups excluding carboxylic acids is 1. The van der Waals surface area contributed by atoms with Crippen molar-refractivity contribution in [1.29, 1.82) is 0 Å².